The molecular weight excluding hydrogens is 658 g/mol. The highest BCUT2D eigenvalue weighted by atomic mass is 35.5. The Morgan fingerprint density at radius 2 is 1.96 bits per heavy atom. The topological polar surface area (TPSA) is 156 Å². The quantitative estimate of drug-likeness (QED) is 0.329. The van der Waals surface area contributed by atoms with Crippen molar-refractivity contribution in [2.24, 2.45) is 5.92 Å². The molecule has 0 aliphatic carbocycles. The molecule has 8 atom stereocenters. The highest BCUT2D eigenvalue weighted by Gasteiger charge is 2.64. The number of ether oxygens (including phenoxy) is 5. The number of hydrogen-bond acceptors (Lipinski definition) is 10. The molecule has 0 unspecified atom stereocenters. The van der Waals surface area contributed by atoms with Gasteiger partial charge >= 0.3 is 12.1 Å². The van der Waals surface area contributed by atoms with Crippen LogP contribution in [0, 0.1) is 5.92 Å². The number of carbonyl (C=O) groups excluding carboxylic acids is 4. The van der Waals surface area contributed by atoms with Crippen molar-refractivity contribution in [3.05, 3.63) is 46.5 Å². The maximum atomic E-state index is 14.0. The normalized spacial score (nSPS) is 32.8. The van der Waals surface area contributed by atoms with Crippen LogP contribution < -0.4 is 15.0 Å². The summed E-state index contributed by atoms with van der Waals surface area (Å²) in [6.07, 6.45) is 1.22. The fourth-order valence-electron chi connectivity index (χ4n) is 6.47. The fourth-order valence-corrected chi connectivity index (χ4v) is 6.78. The number of aliphatic hydroxyl groups is 1. The summed E-state index contributed by atoms with van der Waals surface area (Å²) in [5.74, 6) is -1.53. The van der Waals surface area contributed by atoms with Crippen molar-refractivity contribution in [3.63, 3.8) is 0 Å². The molecule has 49 heavy (non-hydrogen) atoms. The number of epoxide rings is 1. The number of benzene rings is 1. The smallest absolute Gasteiger partial charge is 0.409 e. The summed E-state index contributed by atoms with van der Waals surface area (Å²) in [7, 11) is 6.01. The van der Waals surface area contributed by atoms with E-state index in [2.05, 4.69) is 5.32 Å². The second-order valence-electron chi connectivity index (χ2n) is 13.3. The number of esters is 1. The lowest BCUT2D eigenvalue weighted by atomic mass is 9.83. The van der Waals surface area contributed by atoms with E-state index in [0.29, 0.717) is 17.9 Å². The molecule has 2 N–H and O–H groups in total. The van der Waals surface area contributed by atoms with Crippen molar-refractivity contribution in [1.82, 2.24) is 10.2 Å². The van der Waals surface area contributed by atoms with Gasteiger partial charge in [0.05, 0.1) is 25.3 Å². The number of carbonyl (C=O) groups is 4. The first-order valence-corrected chi connectivity index (χ1v) is 16.7. The van der Waals surface area contributed by atoms with Crippen LogP contribution in [-0.2, 0) is 39.8 Å². The third-order valence-corrected chi connectivity index (χ3v) is 10.2. The van der Waals surface area contributed by atoms with Gasteiger partial charge < -0.3 is 38.6 Å². The number of fused-ring (bicyclic) bond motifs is 5. The third kappa shape index (κ3) is 8.06. The van der Waals surface area contributed by atoms with Gasteiger partial charge in [-0.3, -0.25) is 14.9 Å². The number of allylic oxidation sites excluding steroid dienone is 3. The van der Waals surface area contributed by atoms with Gasteiger partial charge in [-0.15, -0.1) is 0 Å². The van der Waals surface area contributed by atoms with E-state index >= 15 is 0 Å². The lowest BCUT2D eigenvalue weighted by molar-refractivity contribution is -0.162. The van der Waals surface area contributed by atoms with Crippen molar-refractivity contribution < 1.29 is 48.0 Å². The molecule has 0 radical (unpaired) electrons. The number of anilines is 1. The van der Waals surface area contributed by atoms with Crippen LogP contribution in [0.1, 0.15) is 59.4 Å². The van der Waals surface area contributed by atoms with Gasteiger partial charge in [-0.05, 0) is 44.9 Å². The Balaban J connectivity index is 1.79. The van der Waals surface area contributed by atoms with E-state index in [1.807, 2.05) is 13.0 Å². The second-order valence-corrected chi connectivity index (χ2v) is 13.6. The SMILES string of the molecule is CCC(=O)N(C)[C@@H](C)C(=O)O[C@H]1CC(=O)N(C)c2cc(cc(OC)c2Cl)C/C(C)=C\C=C\[C@@H](OC)[C@@]2(O)C[C@H](OC(=O)N2)[C@@H](C)[C@@H]2O[C@@]12C. The number of hydrogen-bond donors (Lipinski definition) is 2. The summed E-state index contributed by atoms with van der Waals surface area (Å²) in [5, 5.41) is 14.4. The molecule has 1 aromatic carbocycles. The number of rotatable bonds is 6. The average molecular weight is 706 g/mol. The molecule has 0 spiro atoms. The number of likely N-dealkylation sites (N-methyl/N-ethyl adjacent to an activating group) is 1. The van der Waals surface area contributed by atoms with Crippen LogP contribution in [-0.4, -0.2) is 104 Å². The summed E-state index contributed by atoms with van der Waals surface area (Å²) in [6, 6.07) is 2.64. The second kappa shape index (κ2) is 15.1. The molecule has 1 aromatic rings. The summed E-state index contributed by atoms with van der Waals surface area (Å²) in [5.41, 5.74) is -0.870. The molecule has 0 aromatic heterocycles. The maximum Gasteiger partial charge on any atom is 0.409 e. The lowest BCUT2D eigenvalue weighted by Crippen LogP contribution is -2.63. The van der Waals surface area contributed by atoms with E-state index in [9.17, 15) is 24.3 Å². The summed E-state index contributed by atoms with van der Waals surface area (Å²) < 4.78 is 29.0. The van der Waals surface area contributed by atoms with Crippen molar-refractivity contribution >= 4 is 41.2 Å². The van der Waals surface area contributed by atoms with Crippen molar-refractivity contribution in [2.75, 3.05) is 33.2 Å². The molecular formula is C35H48ClN3O10. The van der Waals surface area contributed by atoms with E-state index in [0.717, 1.165) is 11.1 Å². The molecule has 270 valence electrons. The monoisotopic (exact) mass is 705 g/mol. The average Bonchev–Trinajstić information content (AvgIpc) is 3.76. The Hall–Kier alpha value is -3.65. The van der Waals surface area contributed by atoms with E-state index in [1.165, 1.54) is 31.1 Å². The number of halogens is 1. The molecule has 14 heteroatoms. The number of amides is 3. The van der Waals surface area contributed by atoms with Gasteiger partial charge in [-0.2, -0.15) is 0 Å². The molecule has 3 amide bonds. The minimum atomic E-state index is -1.82. The zero-order valence-electron chi connectivity index (χ0n) is 29.6. The molecule has 2 saturated heterocycles. The third-order valence-electron chi connectivity index (χ3n) is 9.83. The van der Waals surface area contributed by atoms with Crippen LogP contribution in [0.2, 0.25) is 5.02 Å². The first kappa shape index (κ1) is 38.2. The van der Waals surface area contributed by atoms with Crippen LogP contribution in [0.5, 0.6) is 5.75 Å². The number of methoxy groups -OCH3 is 2. The van der Waals surface area contributed by atoms with Crippen LogP contribution in [0.15, 0.2) is 35.9 Å². The van der Waals surface area contributed by atoms with Gasteiger partial charge in [0.2, 0.25) is 11.8 Å². The Morgan fingerprint density at radius 1 is 1.27 bits per heavy atom. The van der Waals surface area contributed by atoms with Crippen molar-refractivity contribution in [3.8, 4) is 5.75 Å². The Kier molecular flexibility index (Phi) is 11.7. The zero-order chi connectivity index (χ0) is 36.4. The number of alkyl carbamates (subject to hydrolysis) is 1. The Bertz CT molecular complexity index is 1520. The van der Waals surface area contributed by atoms with Crippen molar-refractivity contribution in [2.45, 2.75) is 102 Å². The Labute approximate surface area is 292 Å². The maximum absolute atomic E-state index is 14.0. The zero-order valence-corrected chi connectivity index (χ0v) is 30.3. The highest BCUT2D eigenvalue weighted by molar-refractivity contribution is 6.35. The van der Waals surface area contributed by atoms with Gasteiger partial charge in [0.1, 0.15) is 40.7 Å². The molecule has 3 aliphatic rings. The van der Waals surface area contributed by atoms with E-state index in [-0.39, 0.29) is 30.2 Å². The van der Waals surface area contributed by atoms with Gasteiger partial charge in [-0.25, -0.2) is 9.59 Å². The number of nitrogens with zero attached hydrogens (tertiary/aromatic N) is 2. The molecule has 0 saturated carbocycles. The fraction of sp³-hybridized carbons (Fsp3) is 0.600. The molecule has 13 nitrogen and oxygen atoms in total. The summed E-state index contributed by atoms with van der Waals surface area (Å²) >= 11 is 6.72. The first-order chi connectivity index (χ1) is 23.0. The van der Waals surface area contributed by atoms with Gasteiger partial charge in [0.15, 0.2) is 5.72 Å². The number of nitrogens with one attached hydrogen (secondary N) is 1. The molecule has 3 aliphatic heterocycles. The molecule has 4 rings (SSSR count). The van der Waals surface area contributed by atoms with Crippen LogP contribution in [0.3, 0.4) is 0 Å². The predicted octanol–water partition coefficient (Wildman–Crippen LogP) is 3.92. The largest absolute Gasteiger partial charge is 0.495 e. The van der Waals surface area contributed by atoms with E-state index in [1.54, 1.807) is 59.0 Å². The van der Waals surface area contributed by atoms with Gasteiger partial charge in [0, 0.05) is 40.0 Å². The Morgan fingerprint density at radius 3 is 2.59 bits per heavy atom. The standard InChI is InChI=1S/C35H48ClN3O10/c1-10-28(40)38(6)21(4)32(42)48-27-17-29(41)39(7)23-15-22(16-24(45-8)30(23)36)14-19(2)12-11-13-26(46-9)35(44)18-25(47-33(43)37-35)20(3)31-34(27,5)49-31/h11-13,15-16,20-21,25-27,31,44H,10,14,17-18H2,1-9H3,(H,37,43)/b13-11+,19-12-/t20-,21+,25+,26-,27+,31+,34+,35+/m1/s1. The van der Waals surface area contributed by atoms with Crippen LogP contribution in [0.4, 0.5) is 10.5 Å². The summed E-state index contributed by atoms with van der Waals surface area (Å²) in [4.78, 5) is 55.3. The van der Waals surface area contributed by atoms with Gasteiger partial charge in [0.25, 0.3) is 0 Å². The molecule has 4 bridgehead atoms. The lowest BCUT2D eigenvalue weighted by Gasteiger charge is -2.42. The minimum Gasteiger partial charge on any atom is -0.495 e. The summed E-state index contributed by atoms with van der Waals surface area (Å²) in [6.45, 7) is 8.68. The highest BCUT2D eigenvalue weighted by Crippen LogP contribution is 2.49. The van der Waals surface area contributed by atoms with E-state index in [4.69, 9.17) is 35.3 Å². The van der Waals surface area contributed by atoms with E-state index < -0.39 is 65.7 Å². The van der Waals surface area contributed by atoms with Crippen molar-refractivity contribution in [1.29, 1.82) is 0 Å². The van der Waals surface area contributed by atoms with Crippen LogP contribution in [0.25, 0.3) is 0 Å². The molecule has 2 fully saturated rings. The molecule has 3 heterocycles. The van der Waals surface area contributed by atoms with Gasteiger partial charge in [-0.1, -0.05) is 49.2 Å². The first-order valence-electron chi connectivity index (χ1n) is 16.3. The van der Waals surface area contributed by atoms with Crippen LogP contribution >= 0.6 is 11.6 Å². The predicted molar refractivity (Wildman–Crippen MR) is 181 cm³/mol. The minimum absolute atomic E-state index is 0.0431.